The highest BCUT2D eigenvalue weighted by atomic mass is 16.5. The number of nitrogens with one attached hydrogen (secondary N) is 1. The van der Waals surface area contributed by atoms with E-state index in [1.54, 1.807) is 13.8 Å². The summed E-state index contributed by atoms with van der Waals surface area (Å²) in [6, 6.07) is 0. The summed E-state index contributed by atoms with van der Waals surface area (Å²) in [6.07, 6.45) is 0.474. The van der Waals surface area contributed by atoms with Crippen LogP contribution >= 0.6 is 0 Å². The topological polar surface area (TPSA) is 113 Å². The molecule has 0 unspecified atom stereocenters. The van der Waals surface area contributed by atoms with Crippen molar-refractivity contribution in [1.29, 1.82) is 0 Å². The van der Waals surface area contributed by atoms with Crippen LogP contribution in [0, 0.1) is 17.8 Å². The first kappa shape index (κ1) is 23.3. The molecule has 0 aliphatic heterocycles. The first-order valence-electron chi connectivity index (χ1n) is 8.49. The maximum absolute atomic E-state index is 12.1. The summed E-state index contributed by atoms with van der Waals surface area (Å²) in [5.41, 5.74) is 0.701. The molecule has 0 saturated carbocycles. The molecule has 25 heavy (non-hydrogen) atoms. The van der Waals surface area contributed by atoms with Gasteiger partial charge in [-0.3, -0.25) is 14.4 Å². The van der Waals surface area contributed by atoms with Gasteiger partial charge in [0.1, 0.15) is 0 Å². The molecule has 0 aliphatic carbocycles. The lowest BCUT2D eigenvalue weighted by molar-refractivity contribution is -0.150. The molecule has 0 heterocycles. The van der Waals surface area contributed by atoms with Gasteiger partial charge < -0.3 is 20.3 Å². The number of hydrogen-bond donors (Lipinski definition) is 3. The Kier molecular flexibility index (Phi) is 10.2. The number of hydrogen-bond acceptors (Lipinski definition) is 6. The lowest BCUT2D eigenvalue weighted by atomic mass is 9.90. The van der Waals surface area contributed by atoms with Crippen LogP contribution in [0.5, 0.6) is 0 Å². The second kappa shape index (κ2) is 11.0. The molecule has 0 aromatic rings. The van der Waals surface area contributed by atoms with Gasteiger partial charge in [-0.05, 0) is 25.8 Å². The zero-order valence-electron chi connectivity index (χ0n) is 15.9. The highest BCUT2D eigenvalue weighted by Crippen LogP contribution is 2.16. The van der Waals surface area contributed by atoms with E-state index in [0.29, 0.717) is 5.57 Å². The van der Waals surface area contributed by atoms with E-state index in [-0.39, 0.29) is 6.54 Å². The Balaban J connectivity index is 4.65. The third-order valence-electron chi connectivity index (χ3n) is 4.42. The molecule has 3 N–H and O–H groups in total. The summed E-state index contributed by atoms with van der Waals surface area (Å²) in [5, 5.41) is 22.7. The van der Waals surface area contributed by atoms with Crippen molar-refractivity contribution in [2.45, 2.75) is 53.2 Å². The van der Waals surface area contributed by atoms with Crippen LogP contribution in [-0.4, -0.2) is 53.7 Å². The molecule has 0 fully saturated rings. The molecule has 0 rings (SSSR count). The third kappa shape index (κ3) is 6.96. The molecule has 5 atom stereocenters. The largest absolute Gasteiger partial charge is 0.469 e. The molecule has 7 heteroatoms. The Morgan fingerprint density at radius 3 is 2.12 bits per heavy atom. The van der Waals surface area contributed by atoms with Gasteiger partial charge in [-0.2, -0.15) is 0 Å². The molecule has 0 bridgehead atoms. The second-order valence-electron chi connectivity index (χ2n) is 6.37. The minimum Gasteiger partial charge on any atom is -0.469 e. The van der Waals surface area contributed by atoms with E-state index in [4.69, 9.17) is 0 Å². The third-order valence-corrected chi connectivity index (χ3v) is 4.42. The summed E-state index contributed by atoms with van der Waals surface area (Å²) >= 11 is 0. The fraction of sp³-hybridized carbons (Fsp3) is 0.722. The van der Waals surface area contributed by atoms with Crippen LogP contribution in [0.1, 0.15) is 41.0 Å². The second-order valence-corrected chi connectivity index (χ2v) is 6.37. The Labute approximate surface area is 149 Å². The molecule has 0 aliphatic rings. The van der Waals surface area contributed by atoms with Crippen LogP contribution in [0.4, 0.5) is 0 Å². The van der Waals surface area contributed by atoms with Gasteiger partial charge in [0.15, 0.2) is 5.78 Å². The number of ether oxygens (including phenoxy) is 1. The van der Waals surface area contributed by atoms with Crippen molar-refractivity contribution in [3.05, 3.63) is 11.6 Å². The van der Waals surface area contributed by atoms with E-state index in [2.05, 4.69) is 10.1 Å². The van der Waals surface area contributed by atoms with Crippen LogP contribution < -0.4 is 5.32 Å². The van der Waals surface area contributed by atoms with Crippen molar-refractivity contribution in [3.63, 3.8) is 0 Å². The summed E-state index contributed by atoms with van der Waals surface area (Å²) in [5.74, 6) is -3.85. The smallest absolute Gasteiger partial charge is 0.311 e. The number of aliphatic hydroxyl groups is 2. The van der Waals surface area contributed by atoms with Crippen molar-refractivity contribution in [1.82, 2.24) is 5.32 Å². The monoisotopic (exact) mass is 357 g/mol. The SMILES string of the molecule is CC/C=C(\C)[C@@H](O)[C@H](C)C(=O)NCC(=O)[C@@H](C)[C@H](O)[C@@H](C)C(=O)OC. The summed E-state index contributed by atoms with van der Waals surface area (Å²) in [4.78, 5) is 35.7. The lowest BCUT2D eigenvalue weighted by Gasteiger charge is -2.23. The minimum absolute atomic E-state index is 0.279. The Morgan fingerprint density at radius 2 is 1.64 bits per heavy atom. The van der Waals surface area contributed by atoms with Crippen LogP contribution in [0.3, 0.4) is 0 Å². The van der Waals surface area contributed by atoms with E-state index < -0.39 is 47.6 Å². The molecule has 144 valence electrons. The van der Waals surface area contributed by atoms with Crippen LogP contribution in [0.15, 0.2) is 11.6 Å². The summed E-state index contributed by atoms with van der Waals surface area (Å²) in [7, 11) is 1.21. The number of aliphatic hydroxyl groups excluding tert-OH is 2. The fourth-order valence-corrected chi connectivity index (χ4v) is 2.43. The first-order valence-corrected chi connectivity index (χ1v) is 8.49. The summed E-state index contributed by atoms with van der Waals surface area (Å²) < 4.78 is 4.55. The zero-order chi connectivity index (χ0) is 19.7. The number of methoxy groups -OCH3 is 1. The van der Waals surface area contributed by atoms with E-state index in [9.17, 15) is 24.6 Å². The molecular formula is C18H31NO6. The standard InChI is InChI=1S/C18H31NO6/c1-7-8-10(2)15(21)12(4)17(23)19-9-14(20)11(3)16(22)13(5)18(24)25-6/h8,11-13,15-16,21-22H,7,9H2,1-6H3,(H,19,23)/b10-8+/t11-,12+,13-,15-,16+/m1/s1. The van der Waals surface area contributed by atoms with Crippen molar-refractivity contribution in [3.8, 4) is 0 Å². The Hall–Kier alpha value is -1.73. The van der Waals surface area contributed by atoms with Crippen molar-refractivity contribution in [2.75, 3.05) is 13.7 Å². The fourth-order valence-electron chi connectivity index (χ4n) is 2.43. The maximum Gasteiger partial charge on any atom is 0.311 e. The molecule has 1 amide bonds. The number of ketones is 1. The minimum atomic E-state index is -1.20. The highest BCUT2D eigenvalue weighted by molar-refractivity contribution is 5.89. The highest BCUT2D eigenvalue weighted by Gasteiger charge is 2.32. The van der Waals surface area contributed by atoms with Crippen LogP contribution in [-0.2, 0) is 19.1 Å². The average Bonchev–Trinajstić information content (AvgIpc) is 2.61. The number of rotatable bonds is 10. The lowest BCUT2D eigenvalue weighted by Crippen LogP contribution is -2.43. The number of carbonyl (C=O) groups is 3. The Morgan fingerprint density at radius 1 is 1.08 bits per heavy atom. The first-order chi connectivity index (χ1) is 11.6. The van der Waals surface area contributed by atoms with Gasteiger partial charge in [0.05, 0.1) is 37.7 Å². The molecule has 0 spiro atoms. The number of Topliss-reactive ketones (excluding diaryl/α,β-unsaturated/α-hetero) is 1. The number of allylic oxidation sites excluding steroid dienone is 1. The zero-order valence-corrected chi connectivity index (χ0v) is 15.9. The van der Waals surface area contributed by atoms with Crippen molar-refractivity contribution < 1.29 is 29.3 Å². The van der Waals surface area contributed by atoms with Gasteiger partial charge >= 0.3 is 5.97 Å². The van der Waals surface area contributed by atoms with E-state index in [1.165, 1.54) is 21.0 Å². The number of esters is 1. The predicted octanol–water partition coefficient (Wildman–Crippen LogP) is 0.831. The Bertz CT molecular complexity index is 502. The molecular weight excluding hydrogens is 326 g/mol. The van der Waals surface area contributed by atoms with Crippen LogP contribution in [0.2, 0.25) is 0 Å². The van der Waals surface area contributed by atoms with Gasteiger partial charge in [0.2, 0.25) is 5.91 Å². The molecule has 7 nitrogen and oxygen atoms in total. The van der Waals surface area contributed by atoms with E-state index in [1.807, 2.05) is 13.0 Å². The predicted molar refractivity (Wildman–Crippen MR) is 93.6 cm³/mol. The van der Waals surface area contributed by atoms with E-state index in [0.717, 1.165) is 6.42 Å². The van der Waals surface area contributed by atoms with Gasteiger partial charge in [0.25, 0.3) is 0 Å². The van der Waals surface area contributed by atoms with Gasteiger partial charge in [-0.15, -0.1) is 0 Å². The molecule has 0 saturated heterocycles. The van der Waals surface area contributed by atoms with Crippen molar-refractivity contribution >= 4 is 17.7 Å². The van der Waals surface area contributed by atoms with E-state index >= 15 is 0 Å². The van der Waals surface area contributed by atoms with Gasteiger partial charge in [0, 0.05) is 5.92 Å². The van der Waals surface area contributed by atoms with Crippen LogP contribution in [0.25, 0.3) is 0 Å². The molecule has 0 aromatic carbocycles. The normalized spacial score (nSPS) is 17.8. The summed E-state index contributed by atoms with van der Waals surface area (Å²) in [6.45, 7) is 7.94. The average molecular weight is 357 g/mol. The molecule has 0 aromatic heterocycles. The number of amides is 1. The van der Waals surface area contributed by atoms with Gasteiger partial charge in [-0.25, -0.2) is 0 Å². The quantitative estimate of drug-likeness (QED) is 0.394. The molecule has 0 radical (unpaired) electrons. The van der Waals surface area contributed by atoms with Crippen molar-refractivity contribution in [2.24, 2.45) is 17.8 Å². The number of carbonyl (C=O) groups excluding carboxylic acids is 3. The van der Waals surface area contributed by atoms with Gasteiger partial charge in [-0.1, -0.05) is 26.8 Å². The maximum atomic E-state index is 12.1.